The molecule has 10 heteroatoms. The number of hydrogen-bond acceptors (Lipinski definition) is 6. The van der Waals surface area contributed by atoms with Crippen molar-refractivity contribution in [3.05, 3.63) is 46.8 Å². The van der Waals surface area contributed by atoms with E-state index in [0.717, 1.165) is 16.2 Å². The number of urea groups is 1. The number of primary amides is 1. The number of ether oxygens (including phenoxy) is 1. The number of imide groups is 1. The average Bonchev–Trinajstić information content (AvgIpc) is 3.26. The van der Waals surface area contributed by atoms with E-state index in [1.807, 2.05) is 0 Å². The van der Waals surface area contributed by atoms with Gasteiger partial charge in [-0.3, -0.25) is 19.3 Å². The predicted molar refractivity (Wildman–Crippen MR) is 107 cm³/mol. The molecule has 0 spiro atoms. The van der Waals surface area contributed by atoms with Crippen molar-refractivity contribution < 1.29 is 23.9 Å². The van der Waals surface area contributed by atoms with E-state index in [-0.39, 0.29) is 10.6 Å². The Bertz CT molecular complexity index is 971. The lowest BCUT2D eigenvalue weighted by Crippen LogP contribution is -2.44. The molecular weight excluding hydrogens is 396 g/mol. The largest absolute Gasteiger partial charge is 0.497 e. The standard InChI is InChI=1S/C19H20N4O5S/c1-3-19(11-4-6-12(28-2)7-5-11)17(26)23(18(27)22-19)10-14(24)21-16-13(15(20)25)8-9-29-16/h4-9H,3,10H2,1-2H3,(H2,20,25)(H,21,24)(H,22,27)/t19-/m0/s1. The van der Waals surface area contributed by atoms with Crippen LogP contribution in [0.25, 0.3) is 0 Å². The van der Waals surface area contributed by atoms with Gasteiger partial charge >= 0.3 is 6.03 Å². The maximum absolute atomic E-state index is 13.1. The topological polar surface area (TPSA) is 131 Å². The molecule has 29 heavy (non-hydrogen) atoms. The summed E-state index contributed by atoms with van der Waals surface area (Å²) in [6, 6.07) is 7.63. The monoisotopic (exact) mass is 416 g/mol. The molecule has 1 atom stereocenters. The van der Waals surface area contributed by atoms with Crippen LogP contribution in [-0.4, -0.2) is 42.3 Å². The lowest BCUT2D eigenvalue weighted by atomic mass is 9.87. The van der Waals surface area contributed by atoms with E-state index in [4.69, 9.17) is 10.5 Å². The zero-order chi connectivity index (χ0) is 21.2. The van der Waals surface area contributed by atoms with Gasteiger partial charge in [-0.1, -0.05) is 19.1 Å². The maximum Gasteiger partial charge on any atom is 0.325 e. The number of nitrogens with zero attached hydrogens (tertiary/aromatic N) is 1. The van der Waals surface area contributed by atoms with Crippen LogP contribution >= 0.6 is 11.3 Å². The number of hydrogen-bond donors (Lipinski definition) is 3. The highest BCUT2D eigenvalue weighted by Crippen LogP contribution is 2.33. The lowest BCUT2D eigenvalue weighted by Gasteiger charge is -2.26. The Morgan fingerprint density at radius 1 is 1.24 bits per heavy atom. The van der Waals surface area contributed by atoms with Gasteiger partial charge in [0.25, 0.3) is 11.8 Å². The van der Waals surface area contributed by atoms with Crippen molar-refractivity contribution in [2.75, 3.05) is 19.0 Å². The van der Waals surface area contributed by atoms with Gasteiger partial charge in [-0.25, -0.2) is 4.79 Å². The Kier molecular flexibility index (Phi) is 5.55. The summed E-state index contributed by atoms with van der Waals surface area (Å²) < 4.78 is 5.13. The van der Waals surface area contributed by atoms with E-state index in [2.05, 4.69) is 10.6 Å². The van der Waals surface area contributed by atoms with E-state index < -0.39 is 35.8 Å². The molecule has 1 saturated heterocycles. The fourth-order valence-corrected chi connectivity index (χ4v) is 4.00. The molecule has 5 amide bonds. The predicted octanol–water partition coefficient (Wildman–Crippen LogP) is 1.65. The number of nitrogens with one attached hydrogen (secondary N) is 2. The minimum atomic E-state index is -1.26. The van der Waals surface area contributed by atoms with E-state index in [1.54, 1.807) is 36.6 Å². The van der Waals surface area contributed by atoms with Gasteiger partial charge in [0.15, 0.2) is 0 Å². The second-order valence-corrected chi connectivity index (χ2v) is 7.30. The Morgan fingerprint density at radius 2 is 1.93 bits per heavy atom. The summed E-state index contributed by atoms with van der Waals surface area (Å²) in [6.07, 6.45) is 0.304. The zero-order valence-corrected chi connectivity index (χ0v) is 16.7. The number of carbonyl (C=O) groups is 4. The molecular formula is C19H20N4O5S. The van der Waals surface area contributed by atoms with Crippen molar-refractivity contribution in [1.29, 1.82) is 0 Å². The first-order chi connectivity index (χ1) is 13.8. The summed E-state index contributed by atoms with van der Waals surface area (Å²) in [5, 5.41) is 7.11. The number of methoxy groups -OCH3 is 1. The first-order valence-corrected chi connectivity index (χ1v) is 9.66. The zero-order valence-electron chi connectivity index (χ0n) is 15.9. The number of nitrogens with two attached hydrogens (primary N) is 1. The molecule has 0 unspecified atom stereocenters. The summed E-state index contributed by atoms with van der Waals surface area (Å²) in [7, 11) is 1.53. The molecule has 3 rings (SSSR count). The SMILES string of the molecule is CC[C@@]1(c2ccc(OC)cc2)NC(=O)N(CC(=O)Nc2sccc2C(N)=O)C1=O. The Balaban J connectivity index is 1.79. The summed E-state index contributed by atoms with van der Waals surface area (Å²) in [5.74, 6) is -1.19. The van der Waals surface area contributed by atoms with Crippen LogP contribution in [0.3, 0.4) is 0 Å². The van der Waals surface area contributed by atoms with Crippen molar-refractivity contribution in [3.8, 4) is 5.75 Å². The second kappa shape index (κ2) is 7.92. The van der Waals surface area contributed by atoms with Crippen molar-refractivity contribution in [1.82, 2.24) is 10.2 Å². The van der Waals surface area contributed by atoms with Gasteiger partial charge in [-0.2, -0.15) is 0 Å². The molecule has 0 saturated carbocycles. The van der Waals surface area contributed by atoms with Gasteiger partial charge in [0.1, 0.15) is 22.8 Å². The fourth-order valence-electron chi connectivity index (χ4n) is 3.19. The van der Waals surface area contributed by atoms with Crippen LogP contribution in [0.2, 0.25) is 0 Å². The number of amides is 5. The van der Waals surface area contributed by atoms with Crippen molar-refractivity contribution >= 4 is 40.1 Å². The third kappa shape index (κ3) is 3.66. The lowest BCUT2D eigenvalue weighted by molar-refractivity contribution is -0.134. The summed E-state index contributed by atoms with van der Waals surface area (Å²) in [6.45, 7) is 1.29. The van der Waals surface area contributed by atoms with Crippen molar-refractivity contribution in [3.63, 3.8) is 0 Å². The molecule has 2 aromatic rings. The molecule has 1 aliphatic heterocycles. The summed E-state index contributed by atoms with van der Waals surface area (Å²) >= 11 is 1.12. The molecule has 0 bridgehead atoms. The van der Waals surface area contributed by atoms with Crippen LogP contribution in [0, 0.1) is 0 Å². The third-order valence-electron chi connectivity index (χ3n) is 4.77. The van der Waals surface area contributed by atoms with E-state index in [1.165, 1.54) is 13.2 Å². The Morgan fingerprint density at radius 3 is 2.52 bits per heavy atom. The molecule has 0 radical (unpaired) electrons. The molecule has 1 aliphatic rings. The average molecular weight is 416 g/mol. The van der Waals surface area contributed by atoms with Crippen molar-refractivity contribution in [2.24, 2.45) is 5.73 Å². The first kappa shape index (κ1) is 20.3. The number of carbonyl (C=O) groups excluding carboxylic acids is 4. The van der Waals surface area contributed by atoms with Crippen LogP contribution in [0.1, 0.15) is 29.3 Å². The van der Waals surface area contributed by atoms with Crippen LogP contribution in [0.5, 0.6) is 5.75 Å². The van der Waals surface area contributed by atoms with Crippen molar-refractivity contribution in [2.45, 2.75) is 18.9 Å². The smallest absolute Gasteiger partial charge is 0.325 e. The highest BCUT2D eigenvalue weighted by Gasteiger charge is 2.51. The summed E-state index contributed by atoms with van der Waals surface area (Å²) in [4.78, 5) is 50.2. The number of anilines is 1. The van der Waals surface area contributed by atoms with E-state index in [9.17, 15) is 19.2 Å². The van der Waals surface area contributed by atoms with E-state index in [0.29, 0.717) is 17.7 Å². The quantitative estimate of drug-likeness (QED) is 0.591. The second-order valence-electron chi connectivity index (χ2n) is 6.38. The van der Waals surface area contributed by atoms with Gasteiger partial charge in [0, 0.05) is 0 Å². The van der Waals surface area contributed by atoms with Crippen LogP contribution < -0.4 is 21.1 Å². The molecule has 0 aliphatic carbocycles. The molecule has 1 aromatic heterocycles. The minimum absolute atomic E-state index is 0.168. The minimum Gasteiger partial charge on any atom is -0.497 e. The number of benzene rings is 1. The molecule has 2 heterocycles. The maximum atomic E-state index is 13.1. The molecule has 1 fully saturated rings. The Hall–Kier alpha value is -3.40. The van der Waals surface area contributed by atoms with Crippen LogP contribution in [0.15, 0.2) is 35.7 Å². The number of rotatable bonds is 7. The third-order valence-corrected chi connectivity index (χ3v) is 5.60. The van der Waals surface area contributed by atoms with Crippen LogP contribution in [0.4, 0.5) is 9.80 Å². The fraction of sp³-hybridized carbons (Fsp3) is 0.263. The van der Waals surface area contributed by atoms with Gasteiger partial charge in [0.2, 0.25) is 5.91 Å². The van der Waals surface area contributed by atoms with Gasteiger partial charge < -0.3 is 21.1 Å². The molecule has 9 nitrogen and oxygen atoms in total. The Labute approximate surface area is 170 Å². The summed E-state index contributed by atoms with van der Waals surface area (Å²) in [5.41, 5.74) is 4.76. The highest BCUT2D eigenvalue weighted by molar-refractivity contribution is 7.14. The van der Waals surface area contributed by atoms with Gasteiger partial charge in [-0.15, -0.1) is 11.3 Å². The molecule has 1 aromatic carbocycles. The number of thiophene rings is 1. The molecule has 4 N–H and O–H groups in total. The van der Waals surface area contributed by atoms with E-state index >= 15 is 0 Å². The normalized spacial score (nSPS) is 18.5. The first-order valence-electron chi connectivity index (χ1n) is 8.78. The van der Waals surface area contributed by atoms with Crippen LogP contribution in [-0.2, 0) is 15.1 Å². The van der Waals surface area contributed by atoms with Gasteiger partial charge in [0.05, 0.1) is 12.7 Å². The van der Waals surface area contributed by atoms with Gasteiger partial charge in [-0.05, 0) is 35.6 Å². The molecule has 152 valence electrons. The highest BCUT2D eigenvalue weighted by atomic mass is 32.1.